The van der Waals surface area contributed by atoms with Gasteiger partial charge < -0.3 is 10.5 Å². The Kier molecular flexibility index (Phi) is 3.41. The maximum absolute atomic E-state index is 6.26. The second kappa shape index (κ2) is 5.03. The molecule has 1 aliphatic heterocycles. The summed E-state index contributed by atoms with van der Waals surface area (Å²) in [6.07, 6.45) is 1.82. The molecule has 3 rings (SSSR count). The molecule has 0 amide bonds. The Hall–Kier alpha value is -0.840. The SMILES string of the molecule is NC(Cc1cc(Br)cc2c1OCC2)c1cccs1. The number of fused-ring (bicyclic) bond motifs is 1. The number of thiophene rings is 1. The molecular formula is C14H14BrNOS. The third-order valence-electron chi connectivity index (χ3n) is 3.17. The smallest absolute Gasteiger partial charge is 0.125 e. The highest BCUT2D eigenvalue weighted by Gasteiger charge is 2.19. The molecule has 2 heterocycles. The Morgan fingerprint density at radius 2 is 2.33 bits per heavy atom. The predicted molar refractivity (Wildman–Crippen MR) is 78.3 cm³/mol. The van der Waals surface area contributed by atoms with Crippen molar-refractivity contribution in [1.82, 2.24) is 0 Å². The fourth-order valence-corrected chi connectivity index (χ4v) is 3.62. The summed E-state index contributed by atoms with van der Waals surface area (Å²) in [6.45, 7) is 0.785. The molecule has 1 atom stereocenters. The summed E-state index contributed by atoms with van der Waals surface area (Å²) in [4.78, 5) is 1.22. The van der Waals surface area contributed by atoms with Gasteiger partial charge in [-0.2, -0.15) is 0 Å². The summed E-state index contributed by atoms with van der Waals surface area (Å²) in [7, 11) is 0. The zero-order valence-electron chi connectivity index (χ0n) is 9.86. The largest absolute Gasteiger partial charge is 0.493 e. The Balaban J connectivity index is 1.89. The van der Waals surface area contributed by atoms with Crippen LogP contribution in [0.2, 0.25) is 0 Å². The van der Waals surface area contributed by atoms with Gasteiger partial charge in [0.25, 0.3) is 0 Å². The average Bonchev–Trinajstić information content (AvgIpc) is 2.98. The van der Waals surface area contributed by atoms with E-state index in [0.717, 1.165) is 29.7 Å². The summed E-state index contributed by atoms with van der Waals surface area (Å²) in [5.41, 5.74) is 8.75. The van der Waals surface area contributed by atoms with E-state index in [1.165, 1.54) is 16.0 Å². The highest BCUT2D eigenvalue weighted by atomic mass is 79.9. The maximum atomic E-state index is 6.26. The fraction of sp³-hybridized carbons (Fsp3) is 0.286. The van der Waals surface area contributed by atoms with Crippen LogP contribution in [-0.4, -0.2) is 6.61 Å². The molecule has 1 aliphatic rings. The monoisotopic (exact) mass is 323 g/mol. The molecule has 1 aromatic heterocycles. The molecule has 0 saturated heterocycles. The van der Waals surface area contributed by atoms with Gasteiger partial charge in [-0.1, -0.05) is 22.0 Å². The molecule has 18 heavy (non-hydrogen) atoms. The molecular weight excluding hydrogens is 310 g/mol. The lowest BCUT2D eigenvalue weighted by Gasteiger charge is -2.13. The molecule has 0 spiro atoms. The minimum Gasteiger partial charge on any atom is -0.493 e. The van der Waals surface area contributed by atoms with Crippen molar-refractivity contribution in [3.05, 3.63) is 50.1 Å². The number of hydrogen-bond donors (Lipinski definition) is 1. The summed E-state index contributed by atoms with van der Waals surface area (Å²) < 4.78 is 6.84. The van der Waals surface area contributed by atoms with Crippen LogP contribution in [0.4, 0.5) is 0 Å². The van der Waals surface area contributed by atoms with Gasteiger partial charge in [0.2, 0.25) is 0 Å². The van der Waals surface area contributed by atoms with Crippen LogP contribution in [0.15, 0.2) is 34.1 Å². The van der Waals surface area contributed by atoms with Crippen molar-refractivity contribution in [3.63, 3.8) is 0 Å². The number of halogens is 1. The van der Waals surface area contributed by atoms with E-state index in [1.54, 1.807) is 11.3 Å². The van der Waals surface area contributed by atoms with Gasteiger partial charge in [-0.25, -0.2) is 0 Å². The van der Waals surface area contributed by atoms with Crippen molar-refractivity contribution in [2.24, 2.45) is 5.73 Å². The second-order valence-corrected chi connectivity index (χ2v) is 6.37. The minimum absolute atomic E-state index is 0.0487. The first-order valence-electron chi connectivity index (χ1n) is 5.97. The number of nitrogens with two attached hydrogens (primary N) is 1. The van der Waals surface area contributed by atoms with Crippen LogP contribution in [-0.2, 0) is 12.8 Å². The van der Waals surface area contributed by atoms with Gasteiger partial charge >= 0.3 is 0 Å². The average molecular weight is 324 g/mol. The van der Waals surface area contributed by atoms with Gasteiger partial charge in [0.15, 0.2) is 0 Å². The van der Waals surface area contributed by atoms with Crippen molar-refractivity contribution >= 4 is 27.3 Å². The summed E-state index contributed by atoms with van der Waals surface area (Å²) in [5.74, 6) is 1.05. The van der Waals surface area contributed by atoms with Crippen LogP contribution < -0.4 is 10.5 Å². The number of benzene rings is 1. The van der Waals surface area contributed by atoms with E-state index in [9.17, 15) is 0 Å². The number of ether oxygens (including phenoxy) is 1. The molecule has 1 unspecified atom stereocenters. The first-order valence-corrected chi connectivity index (χ1v) is 7.64. The van der Waals surface area contributed by atoms with Crippen molar-refractivity contribution in [2.45, 2.75) is 18.9 Å². The summed E-state index contributed by atoms with van der Waals surface area (Å²) in [5, 5.41) is 2.07. The third-order valence-corrected chi connectivity index (χ3v) is 4.64. The minimum atomic E-state index is 0.0487. The molecule has 2 N–H and O–H groups in total. The highest BCUT2D eigenvalue weighted by Crippen LogP contribution is 2.35. The number of rotatable bonds is 3. The number of hydrogen-bond acceptors (Lipinski definition) is 3. The molecule has 1 aromatic carbocycles. The zero-order chi connectivity index (χ0) is 12.5. The first kappa shape index (κ1) is 12.2. The maximum Gasteiger partial charge on any atom is 0.125 e. The van der Waals surface area contributed by atoms with Crippen LogP contribution in [0.3, 0.4) is 0 Å². The van der Waals surface area contributed by atoms with Crippen molar-refractivity contribution in [2.75, 3.05) is 6.61 Å². The van der Waals surface area contributed by atoms with Crippen LogP contribution in [0.1, 0.15) is 22.0 Å². The Morgan fingerprint density at radius 3 is 3.11 bits per heavy atom. The fourth-order valence-electron chi connectivity index (χ4n) is 2.34. The lowest BCUT2D eigenvalue weighted by molar-refractivity contribution is 0.352. The molecule has 4 heteroatoms. The Morgan fingerprint density at radius 1 is 1.44 bits per heavy atom. The van der Waals surface area contributed by atoms with Crippen molar-refractivity contribution < 1.29 is 4.74 Å². The van der Waals surface area contributed by atoms with Crippen LogP contribution in [0, 0.1) is 0 Å². The quantitative estimate of drug-likeness (QED) is 0.935. The first-order chi connectivity index (χ1) is 8.74. The Labute approximate surface area is 119 Å². The van der Waals surface area contributed by atoms with E-state index in [2.05, 4.69) is 39.5 Å². The second-order valence-electron chi connectivity index (χ2n) is 4.48. The molecule has 0 fully saturated rings. The van der Waals surface area contributed by atoms with Crippen LogP contribution >= 0.6 is 27.3 Å². The van der Waals surface area contributed by atoms with Gasteiger partial charge in [-0.3, -0.25) is 0 Å². The highest BCUT2D eigenvalue weighted by molar-refractivity contribution is 9.10. The molecule has 0 aliphatic carbocycles. The van der Waals surface area contributed by atoms with Crippen LogP contribution in [0.5, 0.6) is 5.75 Å². The van der Waals surface area contributed by atoms with E-state index in [-0.39, 0.29) is 6.04 Å². The molecule has 0 bridgehead atoms. The van der Waals surface area contributed by atoms with Gasteiger partial charge in [0.1, 0.15) is 5.75 Å². The normalized spacial score (nSPS) is 15.2. The van der Waals surface area contributed by atoms with Crippen molar-refractivity contribution in [1.29, 1.82) is 0 Å². The van der Waals surface area contributed by atoms with Gasteiger partial charge in [0.05, 0.1) is 6.61 Å². The van der Waals surface area contributed by atoms with Gasteiger partial charge in [0, 0.05) is 21.8 Å². The topological polar surface area (TPSA) is 35.2 Å². The predicted octanol–water partition coefficient (Wildman–Crippen LogP) is 3.69. The van der Waals surface area contributed by atoms with E-state index >= 15 is 0 Å². The zero-order valence-corrected chi connectivity index (χ0v) is 12.3. The lowest BCUT2D eigenvalue weighted by Crippen LogP contribution is -2.12. The van der Waals surface area contributed by atoms with E-state index in [1.807, 2.05) is 6.07 Å². The summed E-state index contributed by atoms with van der Waals surface area (Å²) in [6, 6.07) is 8.45. The Bertz CT molecular complexity index is 553. The molecule has 2 aromatic rings. The van der Waals surface area contributed by atoms with Crippen molar-refractivity contribution in [3.8, 4) is 5.75 Å². The van der Waals surface area contributed by atoms with Gasteiger partial charge in [-0.15, -0.1) is 11.3 Å². The van der Waals surface area contributed by atoms with E-state index in [0.29, 0.717) is 0 Å². The van der Waals surface area contributed by atoms with Crippen LogP contribution in [0.25, 0.3) is 0 Å². The third kappa shape index (κ3) is 2.32. The molecule has 94 valence electrons. The van der Waals surface area contributed by atoms with E-state index in [4.69, 9.17) is 10.5 Å². The lowest BCUT2D eigenvalue weighted by atomic mass is 10.0. The van der Waals surface area contributed by atoms with E-state index < -0.39 is 0 Å². The molecule has 0 saturated carbocycles. The van der Waals surface area contributed by atoms with Gasteiger partial charge in [-0.05, 0) is 41.1 Å². The standard InChI is InChI=1S/C14H14BrNOS/c15-11-6-9-3-4-17-14(9)10(7-11)8-12(16)13-2-1-5-18-13/h1-2,5-7,12H,3-4,8,16H2. The molecule has 0 radical (unpaired) electrons. The summed E-state index contributed by atoms with van der Waals surface area (Å²) >= 11 is 5.27. The molecule has 2 nitrogen and oxygen atoms in total.